The van der Waals surface area contributed by atoms with E-state index in [4.69, 9.17) is 5.73 Å². The second-order valence-corrected chi connectivity index (χ2v) is 4.42. The van der Waals surface area contributed by atoms with Gasteiger partial charge < -0.3 is 5.73 Å². The van der Waals surface area contributed by atoms with Crippen LogP contribution in [0.25, 0.3) is 0 Å². The summed E-state index contributed by atoms with van der Waals surface area (Å²) in [5.74, 6) is -2.86. The number of benzene rings is 1. The molecule has 1 aliphatic rings. The number of rotatable bonds is 3. The normalized spacial score (nSPS) is 25.6. The van der Waals surface area contributed by atoms with Crippen LogP contribution in [-0.4, -0.2) is 17.4 Å². The molecule has 1 aromatic rings. The summed E-state index contributed by atoms with van der Waals surface area (Å²) in [5.41, 5.74) is 4.73. The van der Waals surface area contributed by atoms with Gasteiger partial charge in [-0.25, -0.2) is 8.78 Å². The van der Waals surface area contributed by atoms with E-state index in [1.165, 1.54) is 18.2 Å². The minimum absolute atomic E-state index is 0.180. The van der Waals surface area contributed by atoms with Crippen molar-refractivity contribution in [3.05, 3.63) is 39.4 Å². The third kappa shape index (κ3) is 1.59. The van der Waals surface area contributed by atoms with Crippen molar-refractivity contribution in [1.29, 1.82) is 0 Å². The Morgan fingerprint density at radius 2 is 2.12 bits per heavy atom. The topological polar surface area (TPSA) is 69.2 Å². The highest BCUT2D eigenvalue weighted by atomic mass is 19.3. The average Bonchev–Trinajstić information content (AvgIpc) is 2.82. The molecule has 0 spiro atoms. The Morgan fingerprint density at radius 3 is 2.53 bits per heavy atom. The number of hydrogen-bond donors (Lipinski definition) is 1. The van der Waals surface area contributed by atoms with Crippen molar-refractivity contribution in [2.45, 2.75) is 24.7 Å². The van der Waals surface area contributed by atoms with E-state index in [9.17, 15) is 18.9 Å². The van der Waals surface area contributed by atoms with Crippen molar-refractivity contribution >= 4 is 5.69 Å². The van der Waals surface area contributed by atoms with Crippen molar-refractivity contribution in [2.75, 3.05) is 6.54 Å². The average molecular weight is 242 g/mol. The summed E-state index contributed by atoms with van der Waals surface area (Å²) in [7, 11) is 0. The van der Waals surface area contributed by atoms with Crippen molar-refractivity contribution < 1.29 is 13.7 Å². The Labute approximate surface area is 96.6 Å². The van der Waals surface area contributed by atoms with Crippen LogP contribution in [0.1, 0.15) is 17.5 Å². The quantitative estimate of drug-likeness (QED) is 0.652. The third-order valence-corrected chi connectivity index (χ3v) is 3.39. The fourth-order valence-electron chi connectivity index (χ4n) is 2.20. The molecular formula is C11H12F2N2O2. The van der Waals surface area contributed by atoms with E-state index in [0.717, 1.165) is 0 Å². The van der Waals surface area contributed by atoms with E-state index in [2.05, 4.69) is 0 Å². The third-order valence-electron chi connectivity index (χ3n) is 3.39. The molecule has 17 heavy (non-hydrogen) atoms. The molecule has 1 aromatic carbocycles. The van der Waals surface area contributed by atoms with Gasteiger partial charge >= 0.3 is 0 Å². The van der Waals surface area contributed by atoms with Gasteiger partial charge in [0.05, 0.1) is 10.3 Å². The Balaban J connectivity index is 2.52. The lowest BCUT2D eigenvalue weighted by Crippen LogP contribution is -2.27. The first kappa shape index (κ1) is 11.9. The van der Waals surface area contributed by atoms with Crippen LogP contribution in [0.3, 0.4) is 0 Å². The summed E-state index contributed by atoms with van der Waals surface area (Å²) in [6.45, 7) is 1.45. The van der Waals surface area contributed by atoms with E-state index in [-0.39, 0.29) is 18.7 Å². The second-order valence-electron chi connectivity index (χ2n) is 4.42. The summed E-state index contributed by atoms with van der Waals surface area (Å²) in [6, 6.07) is 4.01. The van der Waals surface area contributed by atoms with Gasteiger partial charge in [-0.3, -0.25) is 10.1 Å². The number of alkyl halides is 2. The van der Waals surface area contributed by atoms with Crippen molar-refractivity contribution in [1.82, 2.24) is 0 Å². The number of aryl methyl sites for hydroxylation is 1. The summed E-state index contributed by atoms with van der Waals surface area (Å²) in [4.78, 5) is 10.1. The number of halogens is 2. The van der Waals surface area contributed by atoms with Gasteiger partial charge in [-0.15, -0.1) is 0 Å². The van der Waals surface area contributed by atoms with Gasteiger partial charge in [-0.05, 0) is 18.1 Å². The van der Waals surface area contributed by atoms with Gasteiger partial charge in [0, 0.05) is 25.1 Å². The van der Waals surface area contributed by atoms with Crippen molar-refractivity contribution in [3.63, 3.8) is 0 Å². The molecule has 92 valence electrons. The van der Waals surface area contributed by atoms with Crippen molar-refractivity contribution in [2.24, 2.45) is 5.73 Å². The molecule has 1 aliphatic carbocycles. The number of nitrogens with two attached hydrogens (primary N) is 1. The van der Waals surface area contributed by atoms with Crippen LogP contribution in [0.15, 0.2) is 18.2 Å². The van der Waals surface area contributed by atoms with Crippen LogP contribution in [0.4, 0.5) is 14.5 Å². The Kier molecular flexibility index (Phi) is 2.43. The Hall–Kier alpha value is -1.56. The zero-order valence-corrected chi connectivity index (χ0v) is 9.24. The first-order valence-corrected chi connectivity index (χ1v) is 5.17. The van der Waals surface area contributed by atoms with E-state index < -0.39 is 16.3 Å². The molecule has 0 amide bonds. The van der Waals surface area contributed by atoms with Crippen LogP contribution in [0.2, 0.25) is 0 Å². The number of hydrogen-bond acceptors (Lipinski definition) is 3. The van der Waals surface area contributed by atoms with Crippen LogP contribution in [0.5, 0.6) is 0 Å². The SMILES string of the molecule is Cc1ccc([N+](=O)[O-])cc1C1(CN)CC1(F)F. The van der Waals surface area contributed by atoms with Gasteiger partial charge in [0.15, 0.2) is 0 Å². The van der Waals surface area contributed by atoms with Gasteiger partial charge in [0.2, 0.25) is 0 Å². The number of nitrogens with zero attached hydrogens (tertiary/aromatic N) is 1. The second kappa shape index (κ2) is 3.46. The highest BCUT2D eigenvalue weighted by Gasteiger charge is 2.71. The fraction of sp³-hybridized carbons (Fsp3) is 0.455. The number of nitro benzene ring substituents is 1. The standard InChI is InChI=1S/C11H12F2N2O2/c1-7-2-3-8(15(16)17)4-9(7)10(6-14)5-11(10,12)13/h2-4H,5-6,14H2,1H3. The molecular weight excluding hydrogens is 230 g/mol. The molecule has 0 aromatic heterocycles. The lowest BCUT2D eigenvalue weighted by atomic mass is 9.91. The smallest absolute Gasteiger partial charge is 0.269 e. The van der Waals surface area contributed by atoms with Crippen LogP contribution in [0, 0.1) is 17.0 Å². The van der Waals surface area contributed by atoms with E-state index in [1.807, 2.05) is 0 Å². The van der Waals surface area contributed by atoms with Crippen LogP contribution >= 0.6 is 0 Å². The molecule has 0 radical (unpaired) electrons. The Bertz CT molecular complexity index is 490. The maximum Gasteiger partial charge on any atom is 0.269 e. The summed E-state index contributed by atoms with van der Waals surface area (Å²) in [6.07, 6.45) is -0.335. The maximum absolute atomic E-state index is 13.4. The molecule has 6 heteroatoms. The molecule has 0 heterocycles. The maximum atomic E-state index is 13.4. The first-order chi connectivity index (χ1) is 7.84. The predicted molar refractivity (Wildman–Crippen MR) is 58.1 cm³/mol. The fourth-order valence-corrected chi connectivity index (χ4v) is 2.20. The number of non-ortho nitro benzene ring substituents is 1. The predicted octanol–water partition coefficient (Wildman–Crippen LogP) is 2.14. The van der Waals surface area contributed by atoms with E-state index in [1.54, 1.807) is 6.92 Å². The minimum atomic E-state index is -2.86. The largest absolute Gasteiger partial charge is 0.329 e. The lowest BCUT2D eigenvalue weighted by molar-refractivity contribution is -0.385. The van der Waals surface area contributed by atoms with Crippen molar-refractivity contribution in [3.8, 4) is 0 Å². The molecule has 2 N–H and O–H groups in total. The Morgan fingerprint density at radius 1 is 1.53 bits per heavy atom. The minimum Gasteiger partial charge on any atom is -0.329 e. The van der Waals surface area contributed by atoms with Gasteiger partial charge in [0.1, 0.15) is 0 Å². The summed E-state index contributed by atoms with van der Waals surface area (Å²) in [5, 5.41) is 10.6. The van der Waals surface area contributed by atoms with Crippen LogP contribution < -0.4 is 5.73 Å². The first-order valence-electron chi connectivity index (χ1n) is 5.17. The van der Waals surface area contributed by atoms with E-state index in [0.29, 0.717) is 11.1 Å². The lowest BCUT2D eigenvalue weighted by Gasteiger charge is -2.16. The zero-order valence-electron chi connectivity index (χ0n) is 9.24. The molecule has 0 saturated heterocycles. The van der Waals surface area contributed by atoms with Gasteiger partial charge in [-0.2, -0.15) is 0 Å². The number of nitro groups is 1. The van der Waals surface area contributed by atoms with Gasteiger partial charge in [-0.1, -0.05) is 6.07 Å². The molecule has 2 rings (SSSR count). The van der Waals surface area contributed by atoms with Gasteiger partial charge in [0.25, 0.3) is 11.6 Å². The molecule has 1 atom stereocenters. The molecule has 0 aliphatic heterocycles. The monoisotopic (exact) mass is 242 g/mol. The van der Waals surface area contributed by atoms with E-state index >= 15 is 0 Å². The molecule has 1 fully saturated rings. The molecule has 1 unspecified atom stereocenters. The summed E-state index contributed by atoms with van der Waals surface area (Å²) >= 11 is 0. The van der Waals surface area contributed by atoms with Crippen LogP contribution in [-0.2, 0) is 5.41 Å². The molecule has 1 saturated carbocycles. The zero-order chi connectivity index (χ0) is 12.8. The highest BCUT2D eigenvalue weighted by molar-refractivity contribution is 5.49. The summed E-state index contributed by atoms with van der Waals surface area (Å²) < 4.78 is 26.8. The molecule has 4 nitrogen and oxygen atoms in total. The molecule has 0 bridgehead atoms. The highest BCUT2D eigenvalue weighted by Crippen LogP contribution is 2.61.